The Morgan fingerprint density at radius 2 is 1.96 bits per heavy atom. The van der Waals surface area contributed by atoms with Gasteiger partial charge in [-0.05, 0) is 49.9 Å². The minimum Gasteiger partial charge on any atom is -0.396 e. The highest BCUT2D eigenvalue weighted by molar-refractivity contribution is 5.96. The Balaban J connectivity index is 1.59. The number of nitrogens with zero attached hydrogens (tertiary/aromatic N) is 1. The molecule has 7 heteroatoms. The van der Waals surface area contributed by atoms with Crippen molar-refractivity contribution in [2.75, 3.05) is 36.6 Å². The van der Waals surface area contributed by atoms with E-state index in [4.69, 9.17) is 4.74 Å². The van der Waals surface area contributed by atoms with E-state index in [0.29, 0.717) is 44.6 Å². The van der Waals surface area contributed by atoms with Gasteiger partial charge < -0.3 is 25.4 Å². The van der Waals surface area contributed by atoms with E-state index in [1.165, 1.54) is 0 Å². The van der Waals surface area contributed by atoms with Crippen molar-refractivity contribution in [3.8, 4) is 0 Å². The van der Waals surface area contributed by atoms with Gasteiger partial charge in [-0.15, -0.1) is 0 Å². The monoisotopic (exact) mass is 347 g/mol. The summed E-state index contributed by atoms with van der Waals surface area (Å²) in [5.74, 6) is 0.143. The average molecular weight is 347 g/mol. The van der Waals surface area contributed by atoms with Crippen LogP contribution in [0.15, 0.2) is 24.3 Å². The minimum absolute atomic E-state index is 0.0266. The maximum atomic E-state index is 12.3. The van der Waals surface area contributed by atoms with E-state index in [9.17, 15) is 14.7 Å². The van der Waals surface area contributed by atoms with Crippen LogP contribution in [0.25, 0.3) is 0 Å². The largest absolute Gasteiger partial charge is 0.396 e. The summed E-state index contributed by atoms with van der Waals surface area (Å²) in [6.45, 7) is 1.94. The Morgan fingerprint density at radius 3 is 2.56 bits per heavy atom. The van der Waals surface area contributed by atoms with Gasteiger partial charge >= 0.3 is 6.03 Å². The van der Waals surface area contributed by atoms with Gasteiger partial charge in [0, 0.05) is 49.7 Å². The first-order valence-electron chi connectivity index (χ1n) is 8.80. The van der Waals surface area contributed by atoms with Gasteiger partial charge in [-0.1, -0.05) is 0 Å². The van der Waals surface area contributed by atoms with Crippen molar-refractivity contribution in [1.29, 1.82) is 0 Å². The third-order valence-corrected chi connectivity index (χ3v) is 4.93. The third-order valence-electron chi connectivity index (χ3n) is 4.93. The molecule has 2 fully saturated rings. The Bertz CT molecular complexity index is 606. The van der Waals surface area contributed by atoms with Crippen LogP contribution in [0.1, 0.15) is 32.1 Å². The van der Waals surface area contributed by atoms with Crippen LogP contribution < -0.4 is 15.5 Å². The second kappa shape index (κ2) is 7.84. The van der Waals surface area contributed by atoms with Crippen LogP contribution in [0.4, 0.5) is 16.2 Å². The molecule has 0 atom stereocenters. The molecule has 25 heavy (non-hydrogen) atoms. The summed E-state index contributed by atoms with van der Waals surface area (Å²) < 4.78 is 5.36. The Kier molecular flexibility index (Phi) is 5.55. The smallest absolute Gasteiger partial charge is 0.319 e. The molecule has 1 aromatic carbocycles. The van der Waals surface area contributed by atoms with Crippen LogP contribution >= 0.6 is 0 Å². The van der Waals surface area contributed by atoms with Crippen LogP contribution in [0, 0.1) is 0 Å². The van der Waals surface area contributed by atoms with Crippen LogP contribution in [-0.4, -0.2) is 48.9 Å². The molecule has 2 saturated heterocycles. The lowest BCUT2D eigenvalue weighted by Gasteiger charge is -2.37. The zero-order valence-electron chi connectivity index (χ0n) is 14.3. The fraction of sp³-hybridized carbons (Fsp3) is 0.556. The fourth-order valence-electron chi connectivity index (χ4n) is 3.46. The zero-order valence-corrected chi connectivity index (χ0v) is 14.3. The highest BCUT2D eigenvalue weighted by Crippen LogP contribution is 2.25. The number of benzene rings is 1. The first-order chi connectivity index (χ1) is 12.1. The van der Waals surface area contributed by atoms with E-state index < -0.39 is 5.54 Å². The molecular formula is C18H25N3O4. The minimum atomic E-state index is -0.418. The molecule has 0 aromatic heterocycles. The molecule has 136 valence electrons. The van der Waals surface area contributed by atoms with Gasteiger partial charge in [-0.25, -0.2) is 4.79 Å². The summed E-state index contributed by atoms with van der Waals surface area (Å²) in [5.41, 5.74) is 1.10. The molecule has 0 aliphatic carbocycles. The van der Waals surface area contributed by atoms with E-state index in [1.54, 1.807) is 17.0 Å². The summed E-state index contributed by atoms with van der Waals surface area (Å²) in [5, 5.41) is 15.1. The van der Waals surface area contributed by atoms with Crippen LogP contribution in [0.2, 0.25) is 0 Å². The number of anilines is 2. The number of nitrogens with one attached hydrogen (secondary N) is 2. The molecule has 3 rings (SSSR count). The number of hydrogen-bond donors (Lipinski definition) is 3. The predicted octanol–water partition coefficient (Wildman–Crippen LogP) is 1.87. The van der Waals surface area contributed by atoms with E-state index >= 15 is 0 Å². The summed E-state index contributed by atoms with van der Waals surface area (Å²) in [6, 6.07) is 6.99. The van der Waals surface area contributed by atoms with Crippen molar-refractivity contribution >= 4 is 23.3 Å². The molecule has 0 radical (unpaired) electrons. The average Bonchev–Trinajstić information content (AvgIpc) is 3.02. The third kappa shape index (κ3) is 4.29. The number of rotatable bonds is 5. The first-order valence-corrected chi connectivity index (χ1v) is 8.80. The number of urea groups is 1. The second-order valence-corrected chi connectivity index (χ2v) is 6.64. The van der Waals surface area contributed by atoms with Crippen LogP contribution in [0.5, 0.6) is 0 Å². The van der Waals surface area contributed by atoms with Crippen LogP contribution in [-0.2, 0) is 9.53 Å². The number of ether oxygens (including phenoxy) is 1. The molecule has 2 heterocycles. The van der Waals surface area contributed by atoms with Crippen molar-refractivity contribution in [2.45, 2.75) is 37.6 Å². The van der Waals surface area contributed by atoms with E-state index in [1.807, 2.05) is 12.1 Å². The molecule has 3 amide bonds. The van der Waals surface area contributed by atoms with Crippen molar-refractivity contribution in [1.82, 2.24) is 5.32 Å². The van der Waals surface area contributed by atoms with E-state index in [2.05, 4.69) is 10.6 Å². The lowest BCUT2D eigenvalue weighted by Crippen LogP contribution is -2.53. The number of amides is 3. The summed E-state index contributed by atoms with van der Waals surface area (Å²) in [4.78, 5) is 25.9. The van der Waals surface area contributed by atoms with Gasteiger partial charge in [-0.2, -0.15) is 0 Å². The molecule has 0 bridgehead atoms. The molecule has 7 nitrogen and oxygen atoms in total. The fourth-order valence-corrected chi connectivity index (χ4v) is 3.46. The van der Waals surface area contributed by atoms with E-state index in [-0.39, 0.29) is 18.5 Å². The van der Waals surface area contributed by atoms with Gasteiger partial charge in [0.25, 0.3) is 0 Å². The Hall–Kier alpha value is -2.12. The summed E-state index contributed by atoms with van der Waals surface area (Å²) in [6.07, 6.45) is 3.38. The van der Waals surface area contributed by atoms with Crippen molar-refractivity contribution in [2.24, 2.45) is 0 Å². The number of carbonyl (C=O) groups excluding carboxylic acids is 2. The number of hydrogen-bond acceptors (Lipinski definition) is 4. The van der Waals surface area contributed by atoms with Crippen molar-refractivity contribution in [3.63, 3.8) is 0 Å². The molecule has 2 aliphatic heterocycles. The Labute approximate surface area is 147 Å². The normalized spacial score (nSPS) is 19.7. The van der Waals surface area contributed by atoms with Gasteiger partial charge in [-0.3, -0.25) is 4.79 Å². The summed E-state index contributed by atoms with van der Waals surface area (Å²) >= 11 is 0. The number of aliphatic hydroxyl groups is 1. The number of carbonyl (C=O) groups is 2. The van der Waals surface area contributed by atoms with Crippen molar-refractivity contribution < 1.29 is 19.4 Å². The van der Waals surface area contributed by atoms with Gasteiger partial charge in [0.15, 0.2) is 0 Å². The first kappa shape index (κ1) is 17.7. The lowest BCUT2D eigenvalue weighted by atomic mass is 9.87. The maximum absolute atomic E-state index is 12.3. The van der Waals surface area contributed by atoms with E-state index in [0.717, 1.165) is 18.7 Å². The topological polar surface area (TPSA) is 90.9 Å². The van der Waals surface area contributed by atoms with Gasteiger partial charge in [0.05, 0.1) is 0 Å². The van der Waals surface area contributed by atoms with Gasteiger partial charge in [0.2, 0.25) is 5.91 Å². The lowest BCUT2D eigenvalue weighted by molar-refractivity contribution is -0.117. The highest BCUT2D eigenvalue weighted by Gasteiger charge is 2.33. The Morgan fingerprint density at radius 1 is 1.24 bits per heavy atom. The molecule has 3 N–H and O–H groups in total. The molecular weight excluding hydrogens is 322 g/mol. The zero-order chi connectivity index (χ0) is 17.7. The molecule has 0 unspecified atom stereocenters. The molecule has 2 aliphatic rings. The quantitative estimate of drug-likeness (QED) is 0.758. The molecule has 0 spiro atoms. The van der Waals surface area contributed by atoms with Crippen LogP contribution in [0.3, 0.4) is 0 Å². The molecule has 1 aromatic rings. The standard InChI is InChI=1S/C18H25N3O4/c22-11-7-18(8-12-25-13-9-18)20-17(24)19-14-3-5-15(6-4-14)21-10-1-2-16(21)23/h3-6,22H,1-2,7-13H2,(H2,19,20,24). The number of aliphatic hydroxyl groups excluding tert-OH is 1. The van der Waals surface area contributed by atoms with Gasteiger partial charge in [0.1, 0.15) is 0 Å². The predicted molar refractivity (Wildman–Crippen MR) is 94.7 cm³/mol. The summed E-state index contributed by atoms with van der Waals surface area (Å²) in [7, 11) is 0. The highest BCUT2D eigenvalue weighted by atomic mass is 16.5. The maximum Gasteiger partial charge on any atom is 0.319 e. The SMILES string of the molecule is O=C(Nc1ccc(N2CCCC2=O)cc1)NC1(CCO)CCOCC1. The molecule has 0 saturated carbocycles. The van der Waals surface area contributed by atoms with Crippen molar-refractivity contribution in [3.05, 3.63) is 24.3 Å². The second-order valence-electron chi connectivity index (χ2n) is 6.64.